The van der Waals surface area contributed by atoms with E-state index in [1.165, 1.54) is 5.56 Å². The van der Waals surface area contributed by atoms with Crippen molar-refractivity contribution in [3.05, 3.63) is 29.8 Å². The first-order valence-electron chi connectivity index (χ1n) is 6.83. The Morgan fingerprint density at radius 3 is 2.67 bits per heavy atom. The predicted molar refractivity (Wildman–Crippen MR) is 87.0 cm³/mol. The van der Waals surface area contributed by atoms with E-state index in [2.05, 4.69) is 5.32 Å². The van der Waals surface area contributed by atoms with Gasteiger partial charge in [-0.25, -0.2) is 4.79 Å². The van der Waals surface area contributed by atoms with E-state index in [1.807, 2.05) is 31.2 Å². The van der Waals surface area contributed by atoms with Crippen LogP contribution in [0.15, 0.2) is 29.2 Å². The lowest BCUT2D eigenvalue weighted by molar-refractivity contribution is -0.146. The monoisotopic (exact) mass is 325 g/mol. The van der Waals surface area contributed by atoms with E-state index in [-0.39, 0.29) is 5.91 Å². The van der Waals surface area contributed by atoms with Gasteiger partial charge in [-0.2, -0.15) is 11.8 Å². The smallest absolute Gasteiger partial charge is 0.330 e. The number of aliphatic carboxylic acids is 1. The summed E-state index contributed by atoms with van der Waals surface area (Å²) in [6.45, 7) is 2.03. The highest BCUT2D eigenvalue weighted by Crippen LogP contribution is 2.28. The van der Waals surface area contributed by atoms with Crippen molar-refractivity contribution in [2.24, 2.45) is 0 Å². The second kappa shape index (κ2) is 7.22. The molecule has 1 atom stereocenters. The summed E-state index contributed by atoms with van der Waals surface area (Å²) in [6.07, 6.45) is 0.835. The maximum absolute atomic E-state index is 12.0. The van der Waals surface area contributed by atoms with Crippen LogP contribution in [0.3, 0.4) is 0 Å². The molecule has 2 N–H and O–H groups in total. The van der Waals surface area contributed by atoms with Gasteiger partial charge < -0.3 is 10.4 Å². The van der Waals surface area contributed by atoms with Crippen LogP contribution in [0.1, 0.15) is 18.4 Å². The molecule has 6 heteroatoms. The van der Waals surface area contributed by atoms with Gasteiger partial charge in [-0.05, 0) is 31.2 Å². The van der Waals surface area contributed by atoms with Crippen molar-refractivity contribution in [2.75, 3.05) is 17.3 Å². The number of benzene rings is 1. The van der Waals surface area contributed by atoms with Crippen LogP contribution in [0.4, 0.5) is 0 Å². The highest BCUT2D eigenvalue weighted by molar-refractivity contribution is 7.99. The van der Waals surface area contributed by atoms with Crippen molar-refractivity contribution in [1.29, 1.82) is 0 Å². The Kier molecular flexibility index (Phi) is 5.58. The molecule has 1 unspecified atom stereocenters. The van der Waals surface area contributed by atoms with E-state index in [9.17, 15) is 14.7 Å². The Labute approximate surface area is 133 Å². The summed E-state index contributed by atoms with van der Waals surface area (Å²) in [4.78, 5) is 24.4. The average molecular weight is 325 g/mol. The molecule has 1 aliphatic rings. The zero-order chi connectivity index (χ0) is 15.3. The Balaban J connectivity index is 1.79. The zero-order valence-electron chi connectivity index (χ0n) is 11.9. The van der Waals surface area contributed by atoms with Crippen LogP contribution < -0.4 is 5.32 Å². The third kappa shape index (κ3) is 4.41. The highest BCUT2D eigenvalue weighted by atomic mass is 32.2. The van der Waals surface area contributed by atoms with Gasteiger partial charge in [0.1, 0.15) is 5.54 Å². The first-order valence-corrected chi connectivity index (χ1v) is 8.97. The van der Waals surface area contributed by atoms with Gasteiger partial charge in [-0.1, -0.05) is 17.7 Å². The molecule has 21 heavy (non-hydrogen) atoms. The van der Waals surface area contributed by atoms with Gasteiger partial charge in [-0.3, -0.25) is 4.79 Å². The third-order valence-electron chi connectivity index (χ3n) is 3.43. The van der Waals surface area contributed by atoms with E-state index in [0.29, 0.717) is 24.3 Å². The fourth-order valence-corrected chi connectivity index (χ4v) is 4.29. The molecule has 0 radical (unpaired) electrons. The minimum absolute atomic E-state index is 0.181. The minimum Gasteiger partial charge on any atom is -0.479 e. The van der Waals surface area contributed by atoms with E-state index in [1.54, 1.807) is 23.5 Å². The molecule has 1 fully saturated rings. The molecule has 1 heterocycles. The van der Waals surface area contributed by atoms with Crippen LogP contribution in [0.5, 0.6) is 0 Å². The Bertz CT molecular complexity index is 510. The van der Waals surface area contributed by atoms with Gasteiger partial charge in [0.05, 0.1) is 0 Å². The molecule has 114 valence electrons. The second-order valence-corrected chi connectivity index (χ2v) is 7.42. The van der Waals surface area contributed by atoms with Crippen LogP contribution in [0, 0.1) is 6.92 Å². The highest BCUT2D eigenvalue weighted by Gasteiger charge is 2.43. The quantitative estimate of drug-likeness (QED) is 0.787. The third-order valence-corrected chi connectivity index (χ3v) is 5.63. The molecule has 2 rings (SSSR count). The molecule has 1 aromatic rings. The van der Waals surface area contributed by atoms with E-state index in [4.69, 9.17) is 0 Å². The fourth-order valence-electron chi connectivity index (χ4n) is 2.11. The topological polar surface area (TPSA) is 66.4 Å². The standard InChI is InChI=1S/C15H19NO3S2/c1-11-2-4-12(5-3-11)21-8-6-13(17)16-15(14(18)19)7-9-20-10-15/h2-5H,6-10H2,1H3,(H,16,17)(H,18,19). The fraction of sp³-hybridized carbons (Fsp3) is 0.467. The van der Waals surface area contributed by atoms with Crippen LogP contribution in [-0.2, 0) is 9.59 Å². The van der Waals surface area contributed by atoms with Crippen LogP contribution in [0.25, 0.3) is 0 Å². The summed E-state index contributed by atoms with van der Waals surface area (Å²) >= 11 is 3.18. The van der Waals surface area contributed by atoms with Crippen molar-refractivity contribution in [2.45, 2.75) is 30.2 Å². The maximum atomic E-state index is 12.0. The minimum atomic E-state index is -1.06. The normalized spacial score (nSPS) is 21.2. The summed E-state index contributed by atoms with van der Waals surface area (Å²) in [5.74, 6) is 0.785. The van der Waals surface area contributed by atoms with Crippen LogP contribution in [-0.4, -0.2) is 39.8 Å². The molecule has 0 saturated carbocycles. The lowest BCUT2D eigenvalue weighted by Gasteiger charge is -2.24. The van der Waals surface area contributed by atoms with Gasteiger partial charge in [0.2, 0.25) is 5.91 Å². The van der Waals surface area contributed by atoms with E-state index < -0.39 is 11.5 Å². The van der Waals surface area contributed by atoms with Gasteiger partial charge in [0, 0.05) is 22.8 Å². The number of nitrogens with one attached hydrogen (secondary N) is 1. The van der Waals surface area contributed by atoms with Crippen molar-refractivity contribution >= 4 is 35.4 Å². The number of hydrogen-bond donors (Lipinski definition) is 2. The Morgan fingerprint density at radius 1 is 1.38 bits per heavy atom. The number of rotatable bonds is 6. The summed E-state index contributed by atoms with van der Waals surface area (Å²) < 4.78 is 0. The molecule has 1 amide bonds. The van der Waals surface area contributed by atoms with E-state index in [0.717, 1.165) is 10.6 Å². The number of carboxylic acid groups (broad SMARTS) is 1. The summed E-state index contributed by atoms with van der Waals surface area (Å²) in [5, 5.41) is 12.0. The first-order chi connectivity index (χ1) is 10.0. The Hall–Kier alpha value is -1.14. The lowest BCUT2D eigenvalue weighted by Crippen LogP contribution is -2.54. The number of amides is 1. The molecule has 0 bridgehead atoms. The largest absolute Gasteiger partial charge is 0.479 e. The lowest BCUT2D eigenvalue weighted by atomic mass is 9.99. The number of aryl methyl sites for hydroxylation is 1. The maximum Gasteiger partial charge on any atom is 0.330 e. The van der Waals surface area contributed by atoms with Crippen LogP contribution >= 0.6 is 23.5 Å². The van der Waals surface area contributed by atoms with Gasteiger partial charge in [-0.15, -0.1) is 11.8 Å². The van der Waals surface area contributed by atoms with E-state index >= 15 is 0 Å². The molecular formula is C15H19NO3S2. The summed E-state index contributed by atoms with van der Waals surface area (Å²) in [7, 11) is 0. The van der Waals surface area contributed by atoms with Gasteiger partial charge in [0.25, 0.3) is 0 Å². The van der Waals surface area contributed by atoms with Crippen molar-refractivity contribution in [3.8, 4) is 0 Å². The molecule has 1 saturated heterocycles. The molecule has 1 aliphatic heterocycles. The molecule has 0 spiro atoms. The van der Waals surface area contributed by atoms with Crippen molar-refractivity contribution in [1.82, 2.24) is 5.32 Å². The number of carboxylic acids is 1. The van der Waals surface area contributed by atoms with Gasteiger partial charge in [0.15, 0.2) is 0 Å². The number of hydrogen-bond acceptors (Lipinski definition) is 4. The number of thioether (sulfide) groups is 2. The first kappa shape index (κ1) is 16.2. The SMILES string of the molecule is Cc1ccc(SCCC(=O)NC2(C(=O)O)CCSC2)cc1. The zero-order valence-corrected chi connectivity index (χ0v) is 13.6. The predicted octanol–water partition coefficient (Wildman–Crippen LogP) is 2.55. The second-order valence-electron chi connectivity index (χ2n) is 5.15. The van der Waals surface area contributed by atoms with Crippen molar-refractivity contribution < 1.29 is 14.7 Å². The van der Waals surface area contributed by atoms with Crippen molar-refractivity contribution in [3.63, 3.8) is 0 Å². The van der Waals surface area contributed by atoms with Crippen LogP contribution in [0.2, 0.25) is 0 Å². The number of carbonyl (C=O) groups excluding carboxylic acids is 1. The summed E-state index contributed by atoms with van der Waals surface area (Å²) in [6, 6.07) is 8.14. The molecule has 0 aliphatic carbocycles. The van der Waals surface area contributed by atoms with Gasteiger partial charge >= 0.3 is 5.97 Å². The molecule has 0 aromatic heterocycles. The molecule has 1 aromatic carbocycles. The summed E-state index contributed by atoms with van der Waals surface area (Å²) in [5.41, 5.74) is 0.148. The Morgan fingerprint density at radius 2 is 2.10 bits per heavy atom. The molecule has 4 nitrogen and oxygen atoms in total. The average Bonchev–Trinajstić information content (AvgIpc) is 2.91. The molecular weight excluding hydrogens is 306 g/mol. The number of carbonyl (C=O) groups is 2.